The van der Waals surface area contributed by atoms with E-state index in [2.05, 4.69) is 23.1 Å². The van der Waals surface area contributed by atoms with Crippen LogP contribution in [0.2, 0.25) is 0 Å². The normalized spacial score (nSPS) is 16.8. The van der Waals surface area contributed by atoms with Gasteiger partial charge in [-0.05, 0) is 73.2 Å². The molecular formula is C24H29NO5S. The molecule has 0 radical (unpaired) electrons. The summed E-state index contributed by atoms with van der Waals surface area (Å²) in [6, 6.07) is 12.3. The highest BCUT2D eigenvalue weighted by atomic mass is 32.2. The van der Waals surface area contributed by atoms with Gasteiger partial charge in [-0.2, -0.15) is 0 Å². The molecule has 1 saturated carbocycles. The van der Waals surface area contributed by atoms with Gasteiger partial charge in [-0.1, -0.05) is 11.8 Å². The van der Waals surface area contributed by atoms with Gasteiger partial charge in [-0.3, -0.25) is 4.90 Å². The van der Waals surface area contributed by atoms with Gasteiger partial charge in [0.2, 0.25) is 0 Å². The van der Waals surface area contributed by atoms with Crippen LogP contribution in [-0.4, -0.2) is 55.5 Å². The van der Waals surface area contributed by atoms with Crippen LogP contribution >= 0.6 is 11.8 Å². The molecule has 1 saturated heterocycles. The van der Waals surface area contributed by atoms with E-state index in [-0.39, 0.29) is 6.61 Å². The number of nitrogens with zero attached hydrogens (tertiary/aromatic N) is 1. The Kier molecular flexibility index (Phi) is 7.37. The Hall–Kier alpha value is -2.22. The summed E-state index contributed by atoms with van der Waals surface area (Å²) in [5.41, 5.74) is 2.16. The molecule has 1 aliphatic heterocycles. The first-order valence-electron chi connectivity index (χ1n) is 10.7. The van der Waals surface area contributed by atoms with Crippen LogP contribution in [0, 0.1) is 12.8 Å². The number of aliphatic carboxylic acids is 1. The number of benzene rings is 2. The fourth-order valence-corrected chi connectivity index (χ4v) is 4.53. The van der Waals surface area contributed by atoms with Crippen molar-refractivity contribution in [1.82, 2.24) is 4.90 Å². The third-order valence-corrected chi connectivity index (χ3v) is 6.33. The lowest BCUT2D eigenvalue weighted by molar-refractivity contribution is -0.139. The summed E-state index contributed by atoms with van der Waals surface area (Å²) in [6.45, 7) is 6.75. The summed E-state index contributed by atoms with van der Waals surface area (Å²) in [5, 5.41) is 8.82. The van der Waals surface area contributed by atoms with Crippen molar-refractivity contribution in [2.45, 2.75) is 36.1 Å². The van der Waals surface area contributed by atoms with E-state index in [1.807, 2.05) is 25.1 Å². The molecule has 2 fully saturated rings. The molecule has 4 rings (SSSR count). The van der Waals surface area contributed by atoms with E-state index >= 15 is 0 Å². The van der Waals surface area contributed by atoms with E-state index in [0.717, 1.165) is 60.6 Å². The number of ether oxygens (including phenoxy) is 3. The SMILES string of the molecule is Cc1cc(Sc2cc(CN3CCOCC3)cc(OCC3CC3)c2)ccc1OCC(=O)O. The van der Waals surface area contributed by atoms with Crippen LogP contribution in [-0.2, 0) is 16.1 Å². The van der Waals surface area contributed by atoms with Crippen LogP contribution in [0.5, 0.6) is 11.5 Å². The number of hydrogen-bond acceptors (Lipinski definition) is 6. The Morgan fingerprint density at radius 2 is 1.94 bits per heavy atom. The molecule has 31 heavy (non-hydrogen) atoms. The van der Waals surface area contributed by atoms with Crippen molar-refractivity contribution < 1.29 is 24.1 Å². The second-order valence-electron chi connectivity index (χ2n) is 8.17. The van der Waals surface area contributed by atoms with Gasteiger partial charge in [0.15, 0.2) is 6.61 Å². The Morgan fingerprint density at radius 1 is 1.13 bits per heavy atom. The molecule has 7 heteroatoms. The van der Waals surface area contributed by atoms with Gasteiger partial charge in [-0.25, -0.2) is 4.79 Å². The van der Waals surface area contributed by atoms with E-state index in [0.29, 0.717) is 11.7 Å². The number of hydrogen-bond donors (Lipinski definition) is 1. The molecule has 1 N–H and O–H groups in total. The molecule has 0 aromatic heterocycles. The predicted octanol–water partition coefficient (Wildman–Crippen LogP) is 4.23. The first-order valence-corrected chi connectivity index (χ1v) is 11.6. The van der Waals surface area contributed by atoms with Crippen LogP contribution in [0.25, 0.3) is 0 Å². The quantitative estimate of drug-likeness (QED) is 0.589. The largest absolute Gasteiger partial charge is 0.493 e. The molecule has 2 aromatic rings. The monoisotopic (exact) mass is 443 g/mol. The number of carbonyl (C=O) groups is 1. The van der Waals surface area contributed by atoms with Crippen molar-refractivity contribution in [1.29, 1.82) is 0 Å². The van der Waals surface area contributed by atoms with Crippen LogP contribution in [0.4, 0.5) is 0 Å². The Balaban J connectivity index is 1.48. The Labute approximate surface area is 187 Å². The third-order valence-electron chi connectivity index (χ3n) is 5.37. The summed E-state index contributed by atoms with van der Waals surface area (Å²) in [4.78, 5) is 15.4. The lowest BCUT2D eigenvalue weighted by Crippen LogP contribution is -2.35. The maximum absolute atomic E-state index is 10.7. The molecule has 0 unspecified atom stereocenters. The minimum atomic E-state index is -0.978. The van der Waals surface area contributed by atoms with Gasteiger partial charge >= 0.3 is 5.97 Å². The van der Waals surface area contributed by atoms with Crippen molar-refractivity contribution in [3.05, 3.63) is 47.5 Å². The molecule has 0 spiro atoms. The minimum absolute atomic E-state index is 0.335. The van der Waals surface area contributed by atoms with Crippen molar-refractivity contribution in [2.24, 2.45) is 5.92 Å². The molecule has 0 atom stereocenters. The van der Waals surface area contributed by atoms with Gasteiger partial charge in [0.25, 0.3) is 0 Å². The number of carboxylic acid groups (broad SMARTS) is 1. The maximum Gasteiger partial charge on any atom is 0.341 e. The average molecular weight is 444 g/mol. The number of morpholine rings is 1. The van der Waals surface area contributed by atoms with Crippen molar-refractivity contribution in [3.8, 4) is 11.5 Å². The van der Waals surface area contributed by atoms with Crippen LogP contribution in [0.15, 0.2) is 46.2 Å². The van der Waals surface area contributed by atoms with Crippen LogP contribution < -0.4 is 9.47 Å². The van der Waals surface area contributed by atoms with E-state index in [1.165, 1.54) is 18.4 Å². The lowest BCUT2D eigenvalue weighted by atomic mass is 10.2. The maximum atomic E-state index is 10.7. The molecule has 1 heterocycles. The van der Waals surface area contributed by atoms with Crippen LogP contribution in [0.1, 0.15) is 24.0 Å². The second kappa shape index (κ2) is 10.4. The van der Waals surface area contributed by atoms with Crippen LogP contribution in [0.3, 0.4) is 0 Å². The summed E-state index contributed by atoms with van der Waals surface area (Å²) in [7, 11) is 0. The highest BCUT2D eigenvalue weighted by Gasteiger charge is 2.22. The molecule has 2 aliphatic rings. The number of aryl methyl sites for hydroxylation is 1. The second-order valence-corrected chi connectivity index (χ2v) is 9.31. The molecule has 6 nitrogen and oxygen atoms in total. The van der Waals surface area contributed by atoms with E-state index in [4.69, 9.17) is 19.3 Å². The smallest absolute Gasteiger partial charge is 0.341 e. The lowest BCUT2D eigenvalue weighted by Gasteiger charge is -2.27. The van der Waals surface area contributed by atoms with Gasteiger partial charge in [0.1, 0.15) is 11.5 Å². The topological polar surface area (TPSA) is 68.2 Å². The highest BCUT2D eigenvalue weighted by molar-refractivity contribution is 7.99. The first-order chi connectivity index (χ1) is 15.0. The molecule has 0 bridgehead atoms. The minimum Gasteiger partial charge on any atom is -0.493 e. The van der Waals surface area contributed by atoms with Gasteiger partial charge in [0.05, 0.1) is 19.8 Å². The summed E-state index contributed by atoms with van der Waals surface area (Å²) in [5.74, 6) is 1.26. The average Bonchev–Trinajstić information content (AvgIpc) is 3.57. The van der Waals surface area contributed by atoms with Crippen molar-refractivity contribution in [3.63, 3.8) is 0 Å². The molecule has 1 aliphatic carbocycles. The van der Waals surface area contributed by atoms with E-state index in [9.17, 15) is 4.79 Å². The fraction of sp³-hybridized carbons (Fsp3) is 0.458. The van der Waals surface area contributed by atoms with Crippen molar-refractivity contribution >= 4 is 17.7 Å². The molecule has 166 valence electrons. The highest BCUT2D eigenvalue weighted by Crippen LogP contribution is 2.35. The van der Waals surface area contributed by atoms with Gasteiger partial charge < -0.3 is 19.3 Å². The Bertz CT molecular complexity index is 909. The molecule has 2 aromatic carbocycles. The number of carboxylic acids is 1. The molecule has 0 amide bonds. The third kappa shape index (κ3) is 6.89. The zero-order valence-electron chi connectivity index (χ0n) is 17.8. The summed E-state index contributed by atoms with van der Waals surface area (Å²) in [6.07, 6.45) is 2.54. The first kappa shape index (κ1) is 22.0. The summed E-state index contributed by atoms with van der Waals surface area (Å²) < 4.78 is 16.9. The number of rotatable bonds is 10. The van der Waals surface area contributed by atoms with Gasteiger partial charge in [0, 0.05) is 29.4 Å². The standard InChI is InChI=1S/C24H29NO5S/c1-17-10-21(4-5-23(17)30-16-24(26)27)31-22-12-19(14-25-6-8-28-9-7-25)11-20(13-22)29-15-18-2-3-18/h4-5,10-13,18H,2-3,6-9,14-16H2,1H3,(H,26,27). The summed E-state index contributed by atoms with van der Waals surface area (Å²) >= 11 is 1.68. The van der Waals surface area contributed by atoms with E-state index in [1.54, 1.807) is 11.8 Å². The zero-order valence-corrected chi connectivity index (χ0v) is 18.7. The van der Waals surface area contributed by atoms with E-state index < -0.39 is 5.97 Å². The predicted molar refractivity (Wildman–Crippen MR) is 119 cm³/mol. The zero-order chi connectivity index (χ0) is 21.6. The van der Waals surface area contributed by atoms with Gasteiger partial charge in [-0.15, -0.1) is 0 Å². The van der Waals surface area contributed by atoms with Crippen molar-refractivity contribution in [2.75, 3.05) is 39.5 Å². The molecular weight excluding hydrogens is 414 g/mol. The fourth-order valence-electron chi connectivity index (χ4n) is 3.50. The Morgan fingerprint density at radius 3 is 2.65 bits per heavy atom.